The molecular formula is C13H15FO2. The van der Waals surface area contributed by atoms with Crippen LogP contribution >= 0.6 is 0 Å². The first-order valence-corrected chi connectivity index (χ1v) is 5.44. The van der Waals surface area contributed by atoms with Gasteiger partial charge in [-0.15, -0.1) is 0 Å². The van der Waals surface area contributed by atoms with Gasteiger partial charge in [0.15, 0.2) is 0 Å². The van der Waals surface area contributed by atoms with Crippen LogP contribution in [0.2, 0.25) is 0 Å². The van der Waals surface area contributed by atoms with E-state index >= 15 is 0 Å². The van der Waals surface area contributed by atoms with Gasteiger partial charge in [0, 0.05) is 0 Å². The van der Waals surface area contributed by atoms with Crippen molar-refractivity contribution in [1.29, 1.82) is 0 Å². The first-order valence-electron chi connectivity index (χ1n) is 5.44. The monoisotopic (exact) mass is 222 g/mol. The quantitative estimate of drug-likeness (QED) is 0.792. The molecule has 0 aromatic heterocycles. The molecule has 2 rings (SSSR count). The summed E-state index contributed by atoms with van der Waals surface area (Å²) in [4.78, 5) is 11.1. The van der Waals surface area contributed by atoms with Gasteiger partial charge in [0.1, 0.15) is 5.82 Å². The molecule has 0 amide bonds. The zero-order valence-electron chi connectivity index (χ0n) is 9.46. The van der Waals surface area contributed by atoms with E-state index in [1.54, 1.807) is 6.07 Å². The molecule has 1 aliphatic carbocycles. The molecular weight excluding hydrogens is 207 g/mol. The average Bonchev–Trinajstić information content (AvgIpc) is 2.18. The van der Waals surface area contributed by atoms with Gasteiger partial charge in [0.2, 0.25) is 0 Å². The Balaban J connectivity index is 2.57. The topological polar surface area (TPSA) is 37.3 Å². The molecule has 0 fully saturated rings. The fourth-order valence-corrected chi connectivity index (χ4v) is 2.47. The van der Waals surface area contributed by atoms with Gasteiger partial charge in [-0.05, 0) is 41.5 Å². The SMILES string of the molecule is CC1(C)CCC(C(=O)O)c2ccc(F)cc21. The number of fused-ring (bicyclic) bond motifs is 1. The molecule has 0 heterocycles. The maximum atomic E-state index is 13.2. The van der Waals surface area contributed by atoms with Crippen molar-refractivity contribution in [3.05, 3.63) is 35.1 Å². The van der Waals surface area contributed by atoms with Gasteiger partial charge in [0.05, 0.1) is 5.92 Å². The zero-order chi connectivity index (χ0) is 11.9. The molecule has 86 valence electrons. The van der Waals surface area contributed by atoms with E-state index in [0.717, 1.165) is 17.5 Å². The maximum absolute atomic E-state index is 13.2. The number of hydrogen-bond donors (Lipinski definition) is 1. The molecule has 0 radical (unpaired) electrons. The molecule has 0 saturated carbocycles. The van der Waals surface area contributed by atoms with Gasteiger partial charge in [-0.1, -0.05) is 19.9 Å². The first kappa shape index (κ1) is 11.1. The molecule has 16 heavy (non-hydrogen) atoms. The molecule has 3 heteroatoms. The number of carbonyl (C=O) groups is 1. The van der Waals surface area contributed by atoms with Crippen molar-refractivity contribution >= 4 is 5.97 Å². The van der Waals surface area contributed by atoms with E-state index in [0.29, 0.717) is 6.42 Å². The smallest absolute Gasteiger partial charge is 0.310 e. The predicted octanol–water partition coefficient (Wildman–Crippen LogP) is 3.07. The van der Waals surface area contributed by atoms with Gasteiger partial charge in [-0.25, -0.2) is 4.39 Å². The van der Waals surface area contributed by atoms with Crippen LogP contribution in [0.15, 0.2) is 18.2 Å². The normalized spacial score (nSPS) is 22.6. The van der Waals surface area contributed by atoms with E-state index in [4.69, 9.17) is 5.11 Å². The highest BCUT2D eigenvalue weighted by atomic mass is 19.1. The third-order valence-electron chi connectivity index (χ3n) is 3.48. The first-order chi connectivity index (χ1) is 7.42. The summed E-state index contributed by atoms with van der Waals surface area (Å²) in [5, 5.41) is 9.13. The summed E-state index contributed by atoms with van der Waals surface area (Å²) < 4.78 is 13.2. The minimum absolute atomic E-state index is 0.136. The van der Waals surface area contributed by atoms with Gasteiger partial charge < -0.3 is 5.11 Å². The zero-order valence-corrected chi connectivity index (χ0v) is 9.46. The molecule has 2 nitrogen and oxygen atoms in total. The van der Waals surface area contributed by atoms with E-state index < -0.39 is 11.9 Å². The van der Waals surface area contributed by atoms with E-state index in [-0.39, 0.29) is 11.2 Å². The number of rotatable bonds is 1. The second-order valence-corrected chi connectivity index (χ2v) is 5.04. The van der Waals surface area contributed by atoms with Crippen LogP contribution in [0, 0.1) is 5.82 Å². The molecule has 1 N–H and O–H groups in total. The van der Waals surface area contributed by atoms with Crippen LogP contribution in [0.1, 0.15) is 43.7 Å². The molecule has 0 saturated heterocycles. The van der Waals surface area contributed by atoms with Crippen molar-refractivity contribution in [2.45, 2.75) is 38.0 Å². The van der Waals surface area contributed by atoms with Crippen molar-refractivity contribution in [3.8, 4) is 0 Å². The Morgan fingerprint density at radius 1 is 1.50 bits per heavy atom. The number of hydrogen-bond acceptors (Lipinski definition) is 1. The van der Waals surface area contributed by atoms with E-state index in [1.165, 1.54) is 12.1 Å². The van der Waals surface area contributed by atoms with Crippen molar-refractivity contribution in [3.63, 3.8) is 0 Å². The summed E-state index contributed by atoms with van der Waals surface area (Å²) >= 11 is 0. The fourth-order valence-electron chi connectivity index (χ4n) is 2.47. The van der Waals surface area contributed by atoms with Crippen LogP contribution in [0.4, 0.5) is 4.39 Å². The fraction of sp³-hybridized carbons (Fsp3) is 0.462. The number of aliphatic carboxylic acids is 1. The Morgan fingerprint density at radius 2 is 2.19 bits per heavy atom. The van der Waals surface area contributed by atoms with Crippen LogP contribution in [-0.4, -0.2) is 11.1 Å². The van der Waals surface area contributed by atoms with Crippen LogP contribution in [0.3, 0.4) is 0 Å². The minimum Gasteiger partial charge on any atom is -0.481 e. The molecule has 1 aromatic carbocycles. The standard InChI is InChI=1S/C13H15FO2/c1-13(2)6-5-10(12(15)16)9-4-3-8(14)7-11(9)13/h3-4,7,10H,5-6H2,1-2H3,(H,15,16). The van der Waals surface area contributed by atoms with E-state index in [2.05, 4.69) is 0 Å². The highest BCUT2D eigenvalue weighted by molar-refractivity contribution is 5.77. The van der Waals surface area contributed by atoms with Crippen molar-refractivity contribution < 1.29 is 14.3 Å². The van der Waals surface area contributed by atoms with Crippen LogP contribution in [-0.2, 0) is 10.2 Å². The Morgan fingerprint density at radius 3 is 2.81 bits per heavy atom. The Bertz CT molecular complexity index is 438. The molecule has 0 spiro atoms. The van der Waals surface area contributed by atoms with Crippen molar-refractivity contribution in [2.24, 2.45) is 0 Å². The third-order valence-corrected chi connectivity index (χ3v) is 3.48. The number of carboxylic acids is 1. The van der Waals surface area contributed by atoms with E-state index in [9.17, 15) is 9.18 Å². The largest absolute Gasteiger partial charge is 0.481 e. The third kappa shape index (κ3) is 1.70. The lowest BCUT2D eigenvalue weighted by Gasteiger charge is -2.35. The highest BCUT2D eigenvalue weighted by Gasteiger charge is 2.35. The second-order valence-electron chi connectivity index (χ2n) is 5.04. The predicted molar refractivity (Wildman–Crippen MR) is 59.0 cm³/mol. The molecule has 1 aromatic rings. The van der Waals surface area contributed by atoms with Crippen LogP contribution in [0.25, 0.3) is 0 Å². The number of benzene rings is 1. The number of halogens is 1. The van der Waals surface area contributed by atoms with Gasteiger partial charge in [0.25, 0.3) is 0 Å². The van der Waals surface area contributed by atoms with Gasteiger partial charge >= 0.3 is 5.97 Å². The molecule has 0 aliphatic heterocycles. The molecule has 1 atom stereocenters. The van der Waals surface area contributed by atoms with Crippen LogP contribution < -0.4 is 0 Å². The lowest BCUT2D eigenvalue weighted by atomic mass is 9.69. The van der Waals surface area contributed by atoms with E-state index in [1.807, 2.05) is 13.8 Å². The molecule has 0 bridgehead atoms. The summed E-state index contributed by atoms with van der Waals surface area (Å²) in [5.74, 6) is -1.59. The highest BCUT2D eigenvalue weighted by Crippen LogP contribution is 2.42. The molecule has 1 aliphatic rings. The maximum Gasteiger partial charge on any atom is 0.310 e. The van der Waals surface area contributed by atoms with Gasteiger partial charge in [-0.2, -0.15) is 0 Å². The Kier molecular flexibility index (Phi) is 2.49. The van der Waals surface area contributed by atoms with Gasteiger partial charge in [-0.3, -0.25) is 4.79 Å². The van der Waals surface area contributed by atoms with Crippen molar-refractivity contribution in [1.82, 2.24) is 0 Å². The average molecular weight is 222 g/mol. The summed E-state index contributed by atoms with van der Waals surface area (Å²) in [6, 6.07) is 4.44. The lowest BCUT2D eigenvalue weighted by molar-refractivity contribution is -0.139. The molecule has 1 unspecified atom stereocenters. The summed E-state index contributed by atoms with van der Waals surface area (Å²) in [6.45, 7) is 4.06. The van der Waals surface area contributed by atoms with Crippen molar-refractivity contribution in [2.75, 3.05) is 0 Å². The van der Waals surface area contributed by atoms with Crippen LogP contribution in [0.5, 0.6) is 0 Å². The summed E-state index contributed by atoms with van der Waals surface area (Å²) in [7, 11) is 0. The Hall–Kier alpha value is -1.38. The second kappa shape index (κ2) is 3.58. The summed E-state index contributed by atoms with van der Waals surface area (Å²) in [6.07, 6.45) is 1.40. The number of carboxylic acid groups (broad SMARTS) is 1. The minimum atomic E-state index is -0.816. The summed E-state index contributed by atoms with van der Waals surface area (Å²) in [5.41, 5.74) is 1.47. The Labute approximate surface area is 94.1 Å². The lowest BCUT2D eigenvalue weighted by Crippen LogP contribution is -2.29.